The number of carbonyl (C=O) groups is 2. The summed E-state index contributed by atoms with van der Waals surface area (Å²) in [5.41, 5.74) is 6.74. The first-order valence-corrected chi connectivity index (χ1v) is 5.83. The van der Waals surface area contributed by atoms with E-state index in [1.54, 1.807) is 24.3 Å². The van der Waals surface area contributed by atoms with Crippen LogP contribution in [0, 0.1) is 0 Å². The third-order valence-electron chi connectivity index (χ3n) is 2.51. The zero-order chi connectivity index (χ0) is 13.5. The van der Waals surface area contributed by atoms with Crippen LogP contribution in [0.25, 0.3) is 0 Å². The van der Waals surface area contributed by atoms with Crippen LogP contribution in [0.15, 0.2) is 24.3 Å². The van der Waals surface area contributed by atoms with Crippen molar-refractivity contribution in [2.75, 3.05) is 12.4 Å². The summed E-state index contributed by atoms with van der Waals surface area (Å²) in [7, 11) is 1.32. The van der Waals surface area contributed by atoms with Crippen molar-refractivity contribution in [3.05, 3.63) is 29.8 Å². The molecule has 1 unspecified atom stereocenters. The smallest absolute Gasteiger partial charge is 0.337 e. The van der Waals surface area contributed by atoms with Gasteiger partial charge < -0.3 is 15.8 Å². The van der Waals surface area contributed by atoms with Crippen molar-refractivity contribution in [2.24, 2.45) is 5.73 Å². The number of carbonyl (C=O) groups excluding carboxylic acids is 2. The number of nitrogens with two attached hydrogens (primary N) is 1. The molecule has 0 aliphatic heterocycles. The summed E-state index contributed by atoms with van der Waals surface area (Å²) in [5.74, 6) is -0.627. The van der Waals surface area contributed by atoms with Crippen molar-refractivity contribution >= 4 is 17.6 Å². The number of nitrogens with one attached hydrogen (secondary N) is 1. The minimum Gasteiger partial charge on any atom is -0.465 e. The summed E-state index contributed by atoms with van der Waals surface area (Å²) in [4.78, 5) is 22.9. The SMILES string of the molecule is CCCC(N)C(=O)Nc1ccc(C(=O)OC)cc1. The Morgan fingerprint density at radius 1 is 1.33 bits per heavy atom. The molecule has 5 nitrogen and oxygen atoms in total. The number of hydrogen-bond acceptors (Lipinski definition) is 4. The average Bonchev–Trinajstić information content (AvgIpc) is 2.39. The third-order valence-corrected chi connectivity index (χ3v) is 2.51. The molecule has 0 bridgehead atoms. The van der Waals surface area contributed by atoms with Gasteiger partial charge in [-0.25, -0.2) is 4.79 Å². The van der Waals surface area contributed by atoms with E-state index in [0.717, 1.165) is 6.42 Å². The molecule has 1 atom stereocenters. The van der Waals surface area contributed by atoms with E-state index >= 15 is 0 Å². The first-order chi connectivity index (χ1) is 8.58. The second-order valence-corrected chi connectivity index (χ2v) is 3.95. The Morgan fingerprint density at radius 3 is 2.44 bits per heavy atom. The summed E-state index contributed by atoms with van der Waals surface area (Å²) >= 11 is 0. The lowest BCUT2D eigenvalue weighted by molar-refractivity contribution is -0.117. The Morgan fingerprint density at radius 2 is 1.94 bits per heavy atom. The van der Waals surface area contributed by atoms with E-state index in [0.29, 0.717) is 17.7 Å². The van der Waals surface area contributed by atoms with E-state index < -0.39 is 12.0 Å². The Labute approximate surface area is 106 Å². The Hall–Kier alpha value is -1.88. The molecule has 5 heteroatoms. The van der Waals surface area contributed by atoms with Crippen LogP contribution < -0.4 is 11.1 Å². The molecular formula is C13H18N2O3. The van der Waals surface area contributed by atoms with Gasteiger partial charge in [0, 0.05) is 5.69 Å². The highest BCUT2D eigenvalue weighted by atomic mass is 16.5. The molecule has 1 aromatic rings. The number of anilines is 1. The molecule has 0 heterocycles. The molecule has 0 aliphatic rings. The molecule has 0 saturated carbocycles. The largest absolute Gasteiger partial charge is 0.465 e. The van der Waals surface area contributed by atoms with Crippen LogP contribution in [-0.2, 0) is 9.53 Å². The number of benzene rings is 1. The fourth-order valence-electron chi connectivity index (χ4n) is 1.48. The maximum absolute atomic E-state index is 11.6. The first-order valence-electron chi connectivity index (χ1n) is 5.83. The van der Waals surface area contributed by atoms with Gasteiger partial charge >= 0.3 is 5.97 Å². The molecule has 3 N–H and O–H groups in total. The van der Waals surface area contributed by atoms with E-state index in [4.69, 9.17) is 5.73 Å². The summed E-state index contributed by atoms with van der Waals surface area (Å²) < 4.78 is 4.58. The number of methoxy groups -OCH3 is 1. The second kappa shape index (κ2) is 6.76. The number of esters is 1. The predicted octanol–water partition coefficient (Wildman–Crippen LogP) is 1.54. The molecule has 0 fully saturated rings. The van der Waals surface area contributed by atoms with Gasteiger partial charge in [-0.2, -0.15) is 0 Å². The lowest BCUT2D eigenvalue weighted by Gasteiger charge is -2.11. The highest BCUT2D eigenvalue weighted by Crippen LogP contribution is 2.11. The Bertz CT molecular complexity index is 415. The van der Waals surface area contributed by atoms with Crippen molar-refractivity contribution in [3.8, 4) is 0 Å². The standard InChI is InChI=1S/C13H18N2O3/c1-3-4-11(14)12(16)15-10-7-5-9(6-8-10)13(17)18-2/h5-8,11H,3-4,14H2,1-2H3,(H,15,16). The molecular weight excluding hydrogens is 232 g/mol. The van der Waals surface area contributed by atoms with Gasteiger partial charge in [0.25, 0.3) is 0 Å². The number of hydrogen-bond donors (Lipinski definition) is 2. The zero-order valence-electron chi connectivity index (χ0n) is 10.6. The number of amides is 1. The molecule has 1 rings (SSSR count). The predicted molar refractivity (Wildman–Crippen MR) is 69.3 cm³/mol. The molecule has 1 aromatic carbocycles. The van der Waals surface area contributed by atoms with Crippen LogP contribution in [0.1, 0.15) is 30.1 Å². The van der Waals surface area contributed by atoms with Gasteiger partial charge in [-0.3, -0.25) is 4.79 Å². The topological polar surface area (TPSA) is 81.4 Å². The fourth-order valence-corrected chi connectivity index (χ4v) is 1.48. The summed E-state index contributed by atoms with van der Waals surface area (Å²) in [6.07, 6.45) is 1.50. The van der Waals surface area contributed by atoms with E-state index in [-0.39, 0.29) is 5.91 Å². The average molecular weight is 250 g/mol. The fraction of sp³-hybridized carbons (Fsp3) is 0.385. The normalized spacial score (nSPS) is 11.7. The van der Waals surface area contributed by atoms with Crippen LogP contribution >= 0.6 is 0 Å². The van der Waals surface area contributed by atoms with Gasteiger partial charge in [-0.1, -0.05) is 13.3 Å². The van der Waals surface area contributed by atoms with E-state index in [9.17, 15) is 9.59 Å². The van der Waals surface area contributed by atoms with Crippen LogP contribution in [0.2, 0.25) is 0 Å². The van der Waals surface area contributed by atoms with Crippen molar-refractivity contribution in [1.82, 2.24) is 0 Å². The van der Waals surface area contributed by atoms with Crippen molar-refractivity contribution < 1.29 is 14.3 Å². The Kier molecular flexibility index (Phi) is 5.32. The second-order valence-electron chi connectivity index (χ2n) is 3.95. The third kappa shape index (κ3) is 3.85. The molecule has 98 valence electrons. The molecule has 0 aromatic heterocycles. The summed E-state index contributed by atoms with van der Waals surface area (Å²) in [5, 5.41) is 2.69. The highest BCUT2D eigenvalue weighted by molar-refractivity contribution is 5.95. The Balaban J connectivity index is 2.63. The van der Waals surface area contributed by atoms with E-state index in [2.05, 4.69) is 10.1 Å². The number of ether oxygens (including phenoxy) is 1. The summed E-state index contributed by atoms with van der Waals surface area (Å²) in [6, 6.07) is 5.96. The number of rotatable bonds is 5. The van der Waals surface area contributed by atoms with Crippen LogP contribution in [-0.4, -0.2) is 25.0 Å². The van der Waals surface area contributed by atoms with Gasteiger partial charge in [0.15, 0.2) is 0 Å². The van der Waals surface area contributed by atoms with E-state index in [1.165, 1.54) is 7.11 Å². The first kappa shape index (κ1) is 14.2. The molecule has 0 aliphatic carbocycles. The lowest BCUT2D eigenvalue weighted by Crippen LogP contribution is -2.35. The van der Waals surface area contributed by atoms with Gasteiger partial charge in [0.2, 0.25) is 5.91 Å². The van der Waals surface area contributed by atoms with Gasteiger partial charge in [0.1, 0.15) is 0 Å². The van der Waals surface area contributed by atoms with Crippen LogP contribution in [0.3, 0.4) is 0 Å². The molecule has 18 heavy (non-hydrogen) atoms. The molecule has 0 saturated heterocycles. The van der Waals surface area contributed by atoms with Crippen molar-refractivity contribution in [2.45, 2.75) is 25.8 Å². The quantitative estimate of drug-likeness (QED) is 0.777. The molecule has 0 spiro atoms. The van der Waals surface area contributed by atoms with Crippen molar-refractivity contribution in [1.29, 1.82) is 0 Å². The summed E-state index contributed by atoms with van der Waals surface area (Å²) in [6.45, 7) is 1.97. The maximum Gasteiger partial charge on any atom is 0.337 e. The van der Waals surface area contributed by atoms with Gasteiger partial charge in [-0.05, 0) is 30.7 Å². The van der Waals surface area contributed by atoms with E-state index in [1.807, 2.05) is 6.92 Å². The van der Waals surface area contributed by atoms with Crippen molar-refractivity contribution in [3.63, 3.8) is 0 Å². The highest BCUT2D eigenvalue weighted by Gasteiger charge is 2.12. The maximum atomic E-state index is 11.6. The van der Waals surface area contributed by atoms with Crippen LogP contribution in [0.4, 0.5) is 5.69 Å². The minimum absolute atomic E-state index is 0.220. The molecule has 1 amide bonds. The molecule has 0 radical (unpaired) electrons. The van der Waals surface area contributed by atoms with Crippen LogP contribution in [0.5, 0.6) is 0 Å². The van der Waals surface area contributed by atoms with Gasteiger partial charge in [0.05, 0.1) is 18.7 Å². The lowest BCUT2D eigenvalue weighted by atomic mass is 10.1. The van der Waals surface area contributed by atoms with Gasteiger partial charge in [-0.15, -0.1) is 0 Å². The zero-order valence-corrected chi connectivity index (χ0v) is 10.6. The monoisotopic (exact) mass is 250 g/mol. The minimum atomic E-state index is -0.504.